The molecule has 0 radical (unpaired) electrons. The Labute approximate surface area is 135 Å². The van der Waals surface area contributed by atoms with Crippen molar-refractivity contribution >= 4 is 5.91 Å². The van der Waals surface area contributed by atoms with Crippen LogP contribution in [-0.2, 0) is 9.53 Å². The van der Waals surface area contributed by atoms with Crippen molar-refractivity contribution in [3.63, 3.8) is 0 Å². The highest BCUT2D eigenvalue weighted by atomic mass is 16.5. The number of hydrogen-bond acceptors (Lipinski definition) is 4. The molecule has 1 aliphatic heterocycles. The van der Waals surface area contributed by atoms with Gasteiger partial charge in [-0.05, 0) is 51.0 Å². The molecule has 5 heteroatoms. The molecule has 1 saturated carbocycles. The summed E-state index contributed by atoms with van der Waals surface area (Å²) in [4.78, 5) is 14.5. The molecule has 0 bridgehead atoms. The molecule has 0 aromatic rings. The molecule has 2 unspecified atom stereocenters. The summed E-state index contributed by atoms with van der Waals surface area (Å²) in [5.41, 5.74) is 0. The normalized spacial score (nSPS) is 26.1. The van der Waals surface area contributed by atoms with E-state index in [0.717, 1.165) is 58.2 Å². The molecule has 0 aromatic heterocycles. The summed E-state index contributed by atoms with van der Waals surface area (Å²) in [5.74, 6) is 1.50. The lowest BCUT2D eigenvalue weighted by molar-refractivity contribution is -0.121. The first-order chi connectivity index (χ1) is 10.7. The van der Waals surface area contributed by atoms with Crippen LogP contribution in [0.4, 0.5) is 0 Å². The Morgan fingerprint density at radius 3 is 2.82 bits per heavy atom. The summed E-state index contributed by atoms with van der Waals surface area (Å²) in [7, 11) is 0. The van der Waals surface area contributed by atoms with E-state index >= 15 is 0 Å². The maximum atomic E-state index is 12.0. The topological polar surface area (TPSA) is 53.6 Å². The van der Waals surface area contributed by atoms with Crippen LogP contribution in [-0.4, -0.2) is 62.8 Å². The summed E-state index contributed by atoms with van der Waals surface area (Å²) >= 11 is 0. The summed E-state index contributed by atoms with van der Waals surface area (Å²) in [6, 6.07) is 0.332. The molecule has 2 N–H and O–H groups in total. The molecule has 2 aliphatic rings. The average Bonchev–Trinajstić information content (AvgIpc) is 3.30. The number of rotatable bonds is 10. The zero-order valence-corrected chi connectivity index (χ0v) is 14.3. The highest BCUT2D eigenvalue weighted by Gasteiger charge is 2.27. The van der Waals surface area contributed by atoms with Crippen LogP contribution in [0.2, 0.25) is 0 Å². The average molecular weight is 311 g/mol. The quantitative estimate of drug-likeness (QED) is 0.596. The van der Waals surface area contributed by atoms with Crippen molar-refractivity contribution in [2.24, 2.45) is 11.8 Å². The fourth-order valence-corrected chi connectivity index (χ4v) is 3.15. The van der Waals surface area contributed by atoms with E-state index in [1.165, 1.54) is 12.8 Å². The highest BCUT2D eigenvalue weighted by molar-refractivity contribution is 5.78. The predicted octanol–water partition coefficient (Wildman–Crippen LogP) is 1.24. The van der Waals surface area contributed by atoms with Crippen LogP contribution in [0.25, 0.3) is 0 Å². The largest absolute Gasteiger partial charge is 0.382 e. The Bertz CT molecular complexity index is 334. The summed E-state index contributed by atoms with van der Waals surface area (Å²) in [5, 5.41) is 6.47. The smallest absolute Gasteiger partial charge is 0.234 e. The fraction of sp³-hybridized carbons (Fsp3) is 0.941. The van der Waals surface area contributed by atoms with Gasteiger partial charge in [-0.15, -0.1) is 0 Å². The highest BCUT2D eigenvalue weighted by Crippen LogP contribution is 2.27. The van der Waals surface area contributed by atoms with Crippen LogP contribution in [0, 0.1) is 11.8 Å². The van der Waals surface area contributed by atoms with Gasteiger partial charge in [0.25, 0.3) is 0 Å². The molecular weight excluding hydrogens is 278 g/mol. The maximum Gasteiger partial charge on any atom is 0.234 e. The molecular formula is C17H33N3O2. The van der Waals surface area contributed by atoms with Crippen molar-refractivity contribution in [2.45, 2.75) is 45.6 Å². The van der Waals surface area contributed by atoms with E-state index < -0.39 is 0 Å². The minimum atomic E-state index is 0.155. The van der Waals surface area contributed by atoms with Crippen LogP contribution in [0.3, 0.4) is 0 Å². The second-order valence-electron chi connectivity index (χ2n) is 6.87. The molecule has 1 saturated heterocycles. The molecule has 2 atom stereocenters. The van der Waals surface area contributed by atoms with Gasteiger partial charge in [0.05, 0.1) is 6.54 Å². The second kappa shape index (κ2) is 9.48. The SMILES string of the molecule is CCOCCCN1CCC(NC(=O)CNCC2CC2)C(C)C1. The number of nitrogens with one attached hydrogen (secondary N) is 2. The van der Waals surface area contributed by atoms with Gasteiger partial charge in [-0.25, -0.2) is 0 Å². The van der Waals surface area contributed by atoms with Crippen LogP contribution < -0.4 is 10.6 Å². The van der Waals surface area contributed by atoms with Gasteiger partial charge in [-0.2, -0.15) is 0 Å². The van der Waals surface area contributed by atoms with Gasteiger partial charge in [0.15, 0.2) is 0 Å². The van der Waals surface area contributed by atoms with Crippen molar-refractivity contribution in [1.29, 1.82) is 0 Å². The molecule has 22 heavy (non-hydrogen) atoms. The minimum absolute atomic E-state index is 0.155. The molecule has 0 aromatic carbocycles. The number of nitrogens with zero attached hydrogens (tertiary/aromatic N) is 1. The third-order valence-corrected chi connectivity index (χ3v) is 4.72. The number of likely N-dealkylation sites (tertiary alicyclic amines) is 1. The van der Waals surface area contributed by atoms with Crippen molar-refractivity contribution in [1.82, 2.24) is 15.5 Å². The van der Waals surface area contributed by atoms with Crippen molar-refractivity contribution in [2.75, 3.05) is 45.9 Å². The maximum absolute atomic E-state index is 12.0. The third kappa shape index (κ3) is 6.63. The Kier molecular flexibility index (Phi) is 7.63. The van der Waals surface area contributed by atoms with E-state index in [0.29, 0.717) is 18.5 Å². The Morgan fingerprint density at radius 1 is 1.32 bits per heavy atom. The number of carbonyl (C=O) groups is 1. The zero-order chi connectivity index (χ0) is 15.8. The number of carbonyl (C=O) groups excluding carboxylic acids is 1. The minimum Gasteiger partial charge on any atom is -0.382 e. The standard InChI is InChI=1S/C17H33N3O2/c1-3-22-10-4-8-20-9-7-16(14(2)13-20)19-17(21)12-18-11-15-5-6-15/h14-16,18H,3-13H2,1-2H3,(H,19,21). The Balaban J connectivity index is 1.57. The lowest BCUT2D eigenvalue weighted by Crippen LogP contribution is -2.51. The fourth-order valence-electron chi connectivity index (χ4n) is 3.15. The van der Waals surface area contributed by atoms with E-state index in [4.69, 9.17) is 4.74 Å². The molecule has 128 valence electrons. The van der Waals surface area contributed by atoms with Crippen LogP contribution >= 0.6 is 0 Å². The van der Waals surface area contributed by atoms with E-state index in [1.807, 2.05) is 6.92 Å². The predicted molar refractivity (Wildman–Crippen MR) is 88.9 cm³/mol. The van der Waals surface area contributed by atoms with Crippen LogP contribution in [0.5, 0.6) is 0 Å². The molecule has 2 rings (SSSR count). The van der Waals surface area contributed by atoms with Crippen molar-refractivity contribution < 1.29 is 9.53 Å². The molecule has 5 nitrogen and oxygen atoms in total. The van der Waals surface area contributed by atoms with E-state index in [2.05, 4.69) is 22.5 Å². The monoisotopic (exact) mass is 311 g/mol. The van der Waals surface area contributed by atoms with Gasteiger partial charge in [-0.3, -0.25) is 4.79 Å². The van der Waals surface area contributed by atoms with Gasteiger partial charge in [0.1, 0.15) is 0 Å². The molecule has 2 fully saturated rings. The molecule has 0 spiro atoms. The van der Waals surface area contributed by atoms with Gasteiger partial charge in [-0.1, -0.05) is 6.92 Å². The summed E-state index contributed by atoms with van der Waals surface area (Å²) in [6.07, 6.45) is 4.81. The van der Waals surface area contributed by atoms with Gasteiger partial charge < -0.3 is 20.3 Å². The van der Waals surface area contributed by atoms with Crippen LogP contribution in [0.1, 0.15) is 39.5 Å². The number of ether oxygens (including phenoxy) is 1. The second-order valence-corrected chi connectivity index (χ2v) is 6.87. The first kappa shape index (κ1) is 17.7. The molecule has 1 heterocycles. The number of amides is 1. The third-order valence-electron chi connectivity index (χ3n) is 4.72. The van der Waals surface area contributed by atoms with Gasteiger partial charge >= 0.3 is 0 Å². The summed E-state index contributed by atoms with van der Waals surface area (Å²) in [6.45, 7) is 10.7. The molecule has 1 aliphatic carbocycles. The first-order valence-corrected chi connectivity index (χ1v) is 8.99. The van der Waals surface area contributed by atoms with Crippen LogP contribution in [0.15, 0.2) is 0 Å². The number of hydrogen-bond donors (Lipinski definition) is 2. The summed E-state index contributed by atoms with van der Waals surface area (Å²) < 4.78 is 5.39. The Morgan fingerprint density at radius 2 is 2.14 bits per heavy atom. The van der Waals surface area contributed by atoms with E-state index in [1.54, 1.807) is 0 Å². The van der Waals surface area contributed by atoms with E-state index in [-0.39, 0.29) is 5.91 Å². The van der Waals surface area contributed by atoms with Crippen molar-refractivity contribution in [3.05, 3.63) is 0 Å². The lowest BCUT2D eigenvalue weighted by atomic mass is 9.93. The lowest BCUT2D eigenvalue weighted by Gasteiger charge is -2.37. The van der Waals surface area contributed by atoms with Gasteiger partial charge in [0, 0.05) is 38.9 Å². The zero-order valence-electron chi connectivity index (χ0n) is 14.3. The van der Waals surface area contributed by atoms with Gasteiger partial charge in [0.2, 0.25) is 5.91 Å². The molecule has 1 amide bonds. The van der Waals surface area contributed by atoms with Crippen molar-refractivity contribution in [3.8, 4) is 0 Å². The number of piperidine rings is 1. The van der Waals surface area contributed by atoms with E-state index in [9.17, 15) is 4.79 Å². The Hall–Kier alpha value is -0.650. The first-order valence-electron chi connectivity index (χ1n) is 8.99.